The minimum absolute atomic E-state index is 0.0283. The van der Waals surface area contributed by atoms with Gasteiger partial charge in [-0.3, -0.25) is 9.59 Å². The number of benzene rings is 2. The number of rotatable bonds is 7. The van der Waals surface area contributed by atoms with Crippen LogP contribution >= 0.6 is 0 Å². The Morgan fingerprint density at radius 3 is 2.47 bits per heavy atom. The number of fused-ring (bicyclic) bond motifs is 1. The summed E-state index contributed by atoms with van der Waals surface area (Å²) in [7, 11) is 1.59. The maximum absolute atomic E-state index is 14.7. The van der Waals surface area contributed by atoms with Crippen LogP contribution in [-0.2, 0) is 6.54 Å². The van der Waals surface area contributed by atoms with Crippen molar-refractivity contribution in [3.63, 3.8) is 0 Å². The number of carbonyl (C=O) groups excluding carboxylic acids is 1. The second-order valence-corrected chi connectivity index (χ2v) is 8.46. The van der Waals surface area contributed by atoms with Gasteiger partial charge in [0.2, 0.25) is 0 Å². The Bertz CT molecular complexity index is 1470. The van der Waals surface area contributed by atoms with E-state index < -0.39 is 35.3 Å². The van der Waals surface area contributed by atoms with Crippen LogP contribution < -0.4 is 10.9 Å². The fourth-order valence-electron chi connectivity index (χ4n) is 3.96. The summed E-state index contributed by atoms with van der Waals surface area (Å²) in [6.07, 6.45) is -2.95. The van der Waals surface area contributed by atoms with E-state index in [1.807, 2.05) is 30.3 Å². The molecule has 186 valence electrons. The first-order valence-electron chi connectivity index (χ1n) is 11.2. The van der Waals surface area contributed by atoms with Crippen LogP contribution in [-0.4, -0.2) is 32.8 Å². The van der Waals surface area contributed by atoms with Gasteiger partial charge in [-0.25, -0.2) is 23.1 Å². The Balaban J connectivity index is 1.70. The summed E-state index contributed by atoms with van der Waals surface area (Å²) in [4.78, 5) is 38.5. The smallest absolute Gasteiger partial charge is 0.266 e. The van der Waals surface area contributed by atoms with Gasteiger partial charge >= 0.3 is 0 Å². The number of hydrogen-bond acceptors (Lipinski definition) is 5. The van der Waals surface area contributed by atoms with Crippen molar-refractivity contribution in [2.24, 2.45) is 0 Å². The van der Waals surface area contributed by atoms with E-state index >= 15 is 0 Å². The normalized spacial score (nSPS) is 12.1. The van der Waals surface area contributed by atoms with Gasteiger partial charge < -0.3 is 15.2 Å². The molecule has 36 heavy (non-hydrogen) atoms. The first kappa shape index (κ1) is 24.9. The van der Waals surface area contributed by atoms with E-state index in [4.69, 9.17) is 0 Å². The van der Waals surface area contributed by atoms with Crippen LogP contribution in [0.2, 0.25) is 0 Å². The zero-order valence-corrected chi connectivity index (χ0v) is 19.8. The molecular formula is C26H24F3N5O2. The third-order valence-corrected chi connectivity index (χ3v) is 5.78. The van der Waals surface area contributed by atoms with Gasteiger partial charge in [0.05, 0.1) is 17.0 Å². The third-order valence-electron chi connectivity index (χ3n) is 5.78. The van der Waals surface area contributed by atoms with E-state index in [0.29, 0.717) is 17.8 Å². The molecule has 0 unspecified atom stereocenters. The zero-order valence-electron chi connectivity index (χ0n) is 19.8. The molecule has 0 fully saturated rings. The molecular weight excluding hydrogens is 471 g/mol. The van der Waals surface area contributed by atoms with Crippen LogP contribution in [0.1, 0.15) is 52.3 Å². The summed E-state index contributed by atoms with van der Waals surface area (Å²) >= 11 is 0. The number of anilines is 1. The number of carbonyl (C=O) groups is 1. The average Bonchev–Trinajstić information content (AvgIpc) is 2.83. The summed E-state index contributed by atoms with van der Waals surface area (Å²) in [5.74, 6) is -0.968. The Morgan fingerprint density at radius 2 is 1.78 bits per heavy atom. The standard InChI is InChI=1S/C26H24F3N5O2/c1-14(17-10-7-11-18(21(17)27)22(28)29)30-23-19-12-20(25(35)33-24(19)32-15(2)31-23)26(36)34(3)13-16-8-5-4-6-9-16/h4-12,14,22H,13H2,1-3H3,(H2,30,31,32,33,35)/t14-/m1/s1. The molecule has 0 aliphatic heterocycles. The van der Waals surface area contributed by atoms with Crippen molar-refractivity contribution in [1.29, 1.82) is 0 Å². The van der Waals surface area contributed by atoms with Crippen molar-refractivity contribution >= 4 is 22.8 Å². The quantitative estimate of drug-likeness (QED) is 0.370. The van der Waals surface area contributed by atoms with Crippen molar-refractivity contribution in [3.05, 3.63) is 98.8 Å². The largest absolute Gasteiger partial charge is 0.363 e. The molecule has 1 amide bonds. The lowest BCUT2D eigenvalue weighted by Gasteiger charge is -2.19. The molecule has 7 nitrogen and oxygen atoms in total. The summed E-state index contributed by atoms with van der Waals surface area (Å²) in [5.41, 5.74) is -0.306. The molecule has 1 atom stereocenters. The molecule has 10 heteroatoms. The molecule has 0 aliphatic carbocycles. The van der Waals surface area contributed by atoms with Gasteiger partial charge in [-0.2, -0.15) is 0 Å². The number of amides is 1. The van der Waals surface area contributed by atoms with Crippen LogP contribution in [0, 0.1) is 12.7 Å². The summed E-state index contributed by atoms with van der Waals surface area (Å²) in [5, 5.41) is 3.35. The number of halogens is 3. The second kappa shape index (κ2) is 10.2. The maximum atomic E-state index is 14.7. The Morgan fingerprint density at radius 1 is 1.08 bits per heavy atom. The molecule has 0 spiro atoms. The first-order chi connectivity index (χ1) is 17.2. The van der Waals surface area contributed by atoms with Crippen molar-refractivity contribution in [1.82, 2.24) is 19.9 Å². The first-order valence-corrected chi connectivity index (χ1v) is 11.2. The topological polar surface area (TPSA) is 91.0 Å². The number of aromatic nitrogens is 3. The zero-order chi connectivity index (χ0) is 26.0. The van der Waals surface area contributed by atoms with Crippen LogP contribution in [0.25, 0.3) is 11.0 Å². The van der Waals surface area contributed by atoms with E-state index in [1.54, 1.807) is 20.9 Å². The molecule has 0 aliphatic rings. The van der Waals surface area contributed by atoms with E-state index in [-0.39, 0.29) is 22.6 Å². The highest BCUT2D eigenvalue weighted by Crippen LogP contribution is 2.30. The number of H-pyrrole nitrogens is 1. The monoisotopic (exact) mass is 495 g/mol. The molecule has 0 saturated carbocycles. The van der Waals surface area contributed by atoms with Crippen molar-refractivity contribution in [3.8, 4) is 0 Å². The fraction of sp³-hybridized carbons (Fsp3) is 0.231. The van der Waals surface area contributed by atoms with Crippen molar-refractivity contribution in [2.75, 3.05) is 12.4 Å². The summed E-state index contributed by atoms with van der Waals surface area (Å²) < 4.78 is 41.0. The van der Waals surface area contributed by atoms with Crippen LogP contribution in [0.5, 0.6) is 0 Å². The third kappa shape index (κ3) is 5.07. The lowest BCUT2D eigenvalue weighted by Crippen LogP contribution is -2.31. The highest BCUT2D eigenvalue weighted by molar-refractivity contribution is 5.98. The Labute approximate surface area is 205 Å². The lowest BCUT2D eigenvalue weighted by molar-refractivity contribution is 0.0783. The Kier molecular flexibility index (Phi) is 7.05. The van der Waals surface area contributed by atoms with Gasteiger partial charge in [0.25, 0.3) is 17.9 Å². The predicted molar refractivity (Wildman–Crippen MR) is 131 cm³/mol. The number of nitrogens with zero attached hydrogens (tertiary/aromatic N) is 3. The number of alkyl halides is 2. The number of pyridine rings is 1. The van der Waals surface area contributed by atoms with Crippen LogP contribution in [0.4, 0.5) is 19.0 Å². The molecule has 0 radical (unpaired) electrons. The molecule has 2 aromatic carbocycles. The van der Waals surface area contributed by atoms with E-state index in [2.05, 4.69) is 20.3 Å². The molecule has 2 heterocycles. The maximum Gasteiger partial charge on any atom is 0.266 e. The fourth-order valence-corrected chi connectivity index (χ4v) is 3.96. The van der Waals surface area contributed by atoms with Gasteiger partial charge in [0, 0.05) is 19.2 Å². The summed E-state index contributed by atoms with van der Waals surface area (Å²) in [6.45, 7) is 3.50. The van der Waals surface area contributed by atoms with Gasteiger partial charge in [0.1, 0.15) is 28.7 Å². The van der Waals surface area contributed by atoms with Crippen LogP contribution in [0.15, 0.2) is 59.4 Å². The minimum atomic E-state index is -2.95. The number of nitrogens with one attached hydrogen (secondary N) is 2. The van der Waals surface area contributed by atoms with E-state index in [0.717, 1.165) is 11.6 Å². The van der Waals surface area contributed by atoms with Crippen molar-refractivity contribution in [2.45, 2.75) is 32.9 Å². The average molecular weight is 496 g/mol. The minimum Gasteiger partial charge on any atom is -0.363 e. The number of aromatic amines is 1. The molecule has 0 saturated heterocycles. The molecule has 2 aromatic heterocycles. The number of hydrogen-bond donors (Lipinski definition) is 2. The molecule has 2 N–H and O–H groups in total. The van der Waals surface area contributed by atoms with Gasteiger partial charge in [0.15, 0.2) is 0 Å². The van der Waals surface area contributed by atoms with Gasteiger partial charge in [-0.1, -0.05) is 48.5 Å². The molecule has 4 rings (SSSR count). The second-order valence-electron chi connectivity index (χ2n) is 8.46. The Hall–Kier alpha value is -4.21. The molecule has 4 aromatic rings. The van der Waals surface area contributed by atoms with E-state index in [1.165, 1.54) is 23.1 Å². The summed E-state index contributed by atoms with van der Waals surface area (Å²) in [6, 6.07) is 13.8. The molecule has 0 bridgehead atoms. The highest BCUT2D eigenvalue weighted by Gasteiger charge is 2.22. The number of aryl methyl sites for hydroxylation is 1. The van der Waals surface area contributed by atoms with Gasteiger partial charge in [-0.15, -0.1) is 0 Å². The highest BCUT2D eigenvalue weighted by atomic mass is 19.3. The SMILES string of the molecule is Cc1nc(N[C@H](C)c2cccc(C(F)F)c2F)c2cc(C(=O)N(C)Cc3ccccc3)c(=O)[nH]c2n1. The van der Waals surface area contributed by atoms with Gasteiger partial charge in [-0.05, 0) is 25.5 Å². The van der Waals surface area contributed by atoms with E-state index in [9.17, 15) is 22.8 Å². The lowest BCUT2D eigenvalue weighted by atomic mass is 10.0. The predicted octanol–water partition coefficient (Wildman–Crippen LogP) is 5.15. The van der Waals surface area contributed by atoms with Crippen LogP contribution in [0.3, 0.4) is 0 Å². The van der Waals surface area contributed by atoms with Crippen molar-refractivity contribution < 1.29 is 18.0 Å².